The first-order valence-electron chi connectivity index (χ1n) is 3.06. The third-order valence-electron chi connectivity index (χ3n) is 1.27. The smallest absolute Gasteiger partial charge is 0.174 e. The van der Waals surface area contributed by atoms with E-state index >= 15 is 0 Å². The predicted octanol–water partition coefficient (Wildman–Crippen LogP) is 1.20. The average molecular weight is 172 g/mol. The van der Waals surface area contributed by atoms with E-state index in [1.807, 2.05) is 0 Å². The molecule has 4 heteroatoms. The minimum atomic E-state index is 0.106. The maximum Gasteiger partial charge on any atom is 0.174 e. The first kappa shape index (κ1) is 8.07. The van der Waals surface area contributed by atoms with Crippen LogP contribution < -0.4 is 4.74 Å². The second-order valence-corrected chi connectivity index (χ2v) is 2.91. The first-order valence-corrected chi connectivity index (χ1v) is 3.94. The molecule has 1 heterocycles. The van der Waals surface area contributed by atoms with E-state index in [1.54, 1.807) is 5.38 Å². The molecule has 0 aliphatic heterocycles. The second kappa shape index (κ2) is 3.39. The molecule has 1 aromatic heterocycles. The molecular formula is C7H8O3S. The van der Waals surface area contributed by atoms with E-state index in [2.05, 4.69) is 0 Å². The van der Waals surface area contributed by atoms with Gasteiger partial charge in [-0.05, 0) is 0 Å². The Kier molecular flexibility index (Phi) is 2.48. The number of hydrogen-bond donors (Lipinski definition) is 1. The summed E-state index contributed by atoms with van der Waals surface area (Å²) >= 11 is 1.32. The molecule has 0 aliphatic carbocycles. The average Bonchev–Trinajstić information content (AvgIpc) is 2.33. The van der Waals surface area contributed by atoms with Gasteiger partial charge < -0.3 is 14.6 Å². The fourth-order valence-electron chi connectivity index (χ4n) is 0.812. The lowest BCUT2D eigenvalue weighted by Crippen LogP contribution is -1.87. The van der Waals surface area contributed by atoms with Gasteiger partial charge in [0.1, 0.15) is 6.29 Å². The Hall–Kier alpha value is -1.03. The summed E-state index contributed by atoms with van der Waals surface area (Å²) in [5.41, 5.74) is 0. The minimum Gasteiger partial charge on any atom is -0.504 e. The zero-order valence-corrected chi connectivity index (χ0v) is 6.85. The van der Waals surface area contributed by atoms with Gasteiger partial charge in [0.2, 0.25) is 0 Å². The fraction of sp³-hybridized carbons (Fsp3) is 0.286. The van der Waals surface area contributed by atoms with E-state index in [-0.39, 0.29) is 5.75 Å². The zero-order valence-electron chi connectivity index (χ0n) is 6.03. The summed E-state index contributed by atoms with van der Waals surface area (Å²) in [6.45, 7) is 0. The van der Waals surface area contributed by atoms with Crippen LogP contribution in [-0.2, 0) is 11.2 Å². The van der Waals surface area contributed by atoms with E-state index in [0.29, 0.717) is 12.2 Å². The van der Waals surface area contributed by atoms with Gasteiger partial charge in [-0.1, -0.05) is 0 Å². The SMILES string of the molecule is COc1c(O)csc1CC=O. The maximum absolute atomic E-state index is 10.1. The van der Waals surface area contributed by atoms with Gasteiger partial charge in [0, 0.05) is 11.8 Å². The Morgan fingerprint density at radius 3 is 3.09 bits per heavy atom. The number of aromatic hydroxyl groups is 1. The summed E-state index contributed by atoms with van der Waals surface area (Å²) in [6, 6.07) is 0. The molecule has 0 aliphatic rings. The molecule has 1 rings (SSSR count). The number of ether oxygens (including phenoxy) is 1. The molecule has 0 aromatic carbocycles. The highest BCUT2D eigenvalue weighted by Crippen LogP contribution is 2.35. The first-order chi connectivity index (χ1) is 5.29. The largest absolute Gasteiger partial charge is 0.504 e. The molecule has 0 atom stereocenters. The molecule has 0 spiro atoms. The molecule has 3 nitrogen and oxygen atoms in total. The molecule has 0 fully saturated rings. The summed E-state index contributed by atoms with van der Waals surface area (Å²) in [6.07, 6.45) is 1.09. The lowest BCUT2D eigenvalue weighted by molar-refractivity contribution is -0.107. The number of aldehydes is 1. The van der Waals surface area contributed by atoms with Gasteiger partial charge in [0.05, 0.1) is 12.0 Å². The molecule has 0 saturated heterocycles. The highest BCUT2D eigenvalue weighted by atomic mass is 32.1. The van der Waals surface area contributed by atoms with Crippen molar-refractivity contribution in [3.05, 3.63) is 10.3 Å². The number of carbonyl (C=O) groups excluding carboxylic acids is 1. The van der Waals surface area contributed by atoms with Gasteiger partial charge >= 0.3 is 0 Å². The Balaban J connectivity index is 2.95. The topological polar surface area (TPSA) is 46.5 Å². The minimum absolute atomic E-state index is 0.106. The van der Waals surface area contributed by atoms with Crippen LogP contribution in [0, 0.1) is 0 Å². The molecule has 1 aromatic rings. The number of thiophene rings is 1. The van der Waals surface area contributed by atoms with Gasteiger partial charge in [0.15, 0.2) is 11.5 Å². The Morgan fingerprint density at radius 2 is 2.55 bits per heavy atom. The van der Waals surface area contributed by atoms with Gasteiger partial charge in [0.25, 0.3) is 0 Å². The normalized spacial score (nSPS) is 9.55. The fourth-order valence-corrected chi connectivity index (χ4v) is 1.63. The summed E-state index contributed by atoms with van der Waals surface area (Å²) in [4.78, 5) is 10.9. The number of hydrogen-bond acceptors (Lipinski definition) is 4. The quantitative estimate of drug-likeness (QED) is 0.697. The second-order valence-electron chi connectivity index (χ2n) is 1.95. The highest BCUT2D eigenvalue weighted by Gasteiger charge is 2.09. The van der Waals surface area contributed by atoms with Crippen molar-refractivity contribution in [2.75, 3.05) is 7.11 Å². The van der Waals surface area contributed by atoms with Crippen LogP contribution in [0.4, 0.5) is 0 Å². The lowest BCUT2D eigenvalue weighted by atomic mass is 10.3. The molecule has 0 amide bonds. The van der Waals surface area contributed by atoms with Gasteiger partial charge in [-0.15, -0.1) is 11.3 Å². The Morgan fingerprint density at radius 1 is 1.82 bits per heavy atom. The van der Waals surface area contributed by atoms with Crippen molar-refractivity contribution in [1.29, 1.82) is 0 Å². The Bertz CT molecular complexity index is 254. The van der Waals surface area contributed by atoms with Crippen molar-refractivity contribution in [1.82, 2.24) is 0 Å². The molecule has 0 bridgehead atoms. The monoisotopic (exact) mass is 172 g/mol. The van der Waals surface area contributed by atoms with Gasteiger partial charge in [-0.2, -0.15) is 0 Å². The standard InChI is InChI=1S/C7H8O3S/c1-10-7-5(9)4-11-6(7)2-3-8/h3-4,9H,2H2,1H3. The van der Waals surface area contributed by atoms with Crippen molar-refractivity contribution in [3.63, 3.8) is 0 Å². The van der Waals surface area contributed by atoms with Crippen molar-refractivity contribution in [3.8, 4) is 11.5 Å². The molecule has 1 N–H and O–H groups in total. The van der Waals surface area contributed by atoms with Crippen molar-refractivity contribution < 1.29 is 14.6 Å². The summed E-state index contributed by atoms with van der Waals surface area (Å²) in [7, 11) is 1.47. The van der Waals surface area contributed by atoms with E-state index in [0.717, 1.165) is 11.2 Å². The van der Waals surface area contributed by atoms with Crippen molar-refractivity contribution in [2.45, 2.75) is 6.42 Å². The van der Waals surface area contributed by atoms with Crippen molar-refractivity contribution >= 4 is 17.6 Å². The van der Waals surface area contributed by atoms with Crippen LogP contribution in [-0.4, -0.2) is 18.5 Å². The third-order valence-corrected chi connectivity index (χ3v) is 2.25. The molecule has 60 valence electrons. The summed E-state index contributed by atoms with van der Waals surface area (Å²) < 4.78 is 4.87. The van der Waals surface area contributed by atoms with E-state index in [9.17, 15) is 4.79 Å². The maximum atomic E-state index is 10.1. The van der Waals surface area contributed by atoms with Crippen LogP contribution in [0.25, 0.3) is 0 Å². The summed E-state index contributed by atoms with van der Waals surface area (Å²) in [5.74, 6) is 0.524. The molecular weight excluding hydrogens is 164 g/mol. The third kappa shape index (κ3) is 1.51. The van der Waals surface area contributed by atoms with Crippen LogP contribution >= 0.6 is 11.3 Å². The molecule has 0 radical (unpaired) electrons. The van der Waals surface area contributed by atoms with E-state index in [1.165, 1.54) is 18.4 Å². The zero-order chi connectivity index (χ0) is 8.27. The number of methoxy groups -OCH3 is 1. The van der Waals surface area contributed by atoms with Crippen LogP contribution in [0.15, 0.2) is 5.38 Å². The predicted molar refractivity (Wildman–Crippen MR) is 42.3 cm³/mol. The van der Waals surface area contributed by atoms with Crippen molar-refractivity contribution in [2.24, 2.45) is 0 Å². The van der Waals surface area contributed by atoms with Crippen LogP contribution in [0.1, 0.15) is 4.88 Å². The molecule has 0 saturated carbocycles. The molecule has 11 heavy (non-hydrogen) atoms. The van der Waals surface area contributed by atoms with Crippen LogP contribution in [0.5, 0.6) is 11.5 Å². The summed E-state index contributed by atoms with van der Waals surface area (Å²) in [5, 5.41) is 10.7. The number of rotatable bonds is 3. The number of carbonyl (C=O) groups is 1. The van der Waals surface area contributed by atoms with E-state index < -0.39 is 0 Å². The Labute approximate surface area is 68.2 Å². The highest BCUT2D eigenvalue weighted by molar-refractivity contribution is 7.10. The van der Waals surface area contributed by atoms with Crippen LogP contribution in [0.2, 0.25) is 0 Å². The van der Waals surface area contributed by atoms with E-state index in [4.69, 9.17) is 9.84 Å². The van der Waals surface area contributed by atoms with Gasteiger partial charge in [-0.3, -0.25) is 0 Å². The van der Waals surface area contributed by atoms with Crippen LogP contribution in [0.3, 0.4) is 0 Å². The molecule has 0 unspecified atom stereocenters. The lowest BCUT2D eigenvalue weighted by Gasteiger charge is -1.98. The van der Waals surface area contributed by atoms with Gasteiger partial charge in [-0.25, -0.2) is 0 Å².